The number of hydrogen-bond acceptors (Lipinski definition) is 4. The van der Waals surface area contributed by atoms with Crippen LogP contribution in [0.5, 0.6) is 17.2 Å². The van der Waals surface area contributed by atoms with E-state index in [0.29, 0.717) is 18.1 Å². The lowest BCUT2D eigenvalue weighted by molar-refractivity contribution is 0.307. The quantitative estimate of drug-likeness (QED) is 0.723. The predicted octanol–water partition coefficient (Wildman–Crippen LogP) is 4.02. The first kappa shape index (κ1) is 15.0. The predicted molar refractivity (Wildman–Crippen MR) is 92.2 cm³/mol. The van der Waals surface area contributed by atoms with Crippen molar-refractivity contribution in [2.45, 2.75) is 6.61 Å². The van der Waals surface area contributed by atoms with Crippen LogP contribution in [0.3, 0.4) is 0 Å². The molecule has 0 aliphatic heterocycles. The highest BCUT2D eigenvalue weighted by atomic mass is 16.5. The van der Waals surface area contributed by atoms with E-state index in [1.54, 1.807) is 14.2 Å². The molecule has 0 fully saturated rings. The fourth-order valence-electron chi connectivity index (χ4n) is 2.55. The molecular weight excluding hydrogens is 290 g/mol. The fourth-order valence-corrected chi connectivity index (χ4v) is 2.55. The Morgan fingerprint density at radius 3 is 2.22 bits per heavy atom. The smallest absolute Gasteiger partial charge is 0.161 e. The third-order valence-electron chi connectivity index (χ3n) is 3.76. The number of fused-ring (bicyclic) bond motifs is 1. The zero-order valence-electron chi connectivity index (χ0n) is 13.2. The molecule has 0 saturated carbocycles. The topological polar surface area (TPSA) is 53.7 Å². The largest absolute Gasteiger partial charge is 0.493 e. The number of ether oxygens (including phenoxy) is 3. The first-order valence-corrected chi connectivity index (χ1v) is 7.34. The molecule has 23 heavy (non-hydrogen) atoms. The van der Waals surface area contributed by atoms with Gasteiger partial charge in [0.05, 0.1) is 14.2 Å². The van der Waals surface area contributed by atoms with Crippen LogP contribution in [0.4, 0.5) is 5.69 Å². The van der Waals surface area contributed by atoms with Crippen LogP contribution in [-0.2, 0) is 6.61 Å². The molecule has 0 bridgehead atoms. The van der Waals surface area contributed by atoms with Crippen LogP contribution >= 0.6 is 0 Å². The lowest BCUT2D eigenvalue weighted by Crippen LogP contribution is -1.99. The van der Waals surface area contributed by atoms with E-state index in [2.05, 4.69) is 0 Å². The van der Waals surface area contributed by atoms with Gasteiger partial charge in [-0.1, -0.05) is 30.3 Å². The Morgan fingerprint density at radius 2 is 1.48 bits per heavy atom. The van der Waals surface area contributed by atoms with Crippen LogP contribution in [0, 0.1) is 0 Å². The van der Waals surface area contributed by atoms with Gasteiger partial charge in [-0.2, -0.15) is 0 Å². The Hall–Kier alpha value is -2.88. The molecule has 4 heteroatoms. The summed E-state index contributed by atoms with van der Waals surface area (Å²) >= 11 is 0. The van der Waals surface area contributed by atoms with Crippen molar-refractivity contribution in [3.63, 3.8) is 0 Å². The van der Waals surface area contributed by atoms with Crippen molar-refractivity contribution in [2.24, 2.45) is 0 Å². The number of benzene rings is 3. The van der Waals surface area contributed by atoms with Crippen molar-refractivity contribution in [1.82, 2.24) is 0 Å². The summed E-state index contributed by atoms with van der Waals surface area (Å²) in [7, 11) is 3.24. The van der Waals surface area contributed by atoms with Crippen molar-refractivity contribution >= 4 is 16.5 Å². The van der Waals surface area contributed by atoms with Gasteiger partial charge in [-0.25, -0.2) is 0 Å². The summed E-state index contributed by atoms with van der Waals surface area (Å²) in [6, 6.07) is 17.5. The third-order valence-corrected chi connectivity index (χ3v) is 3.76. The van der Waals surface area contributed by atoms with E-state index in [0.717, 1.165) is 27.8 Å². The van der Waals surface area contributed by atoms with Gasteiger partial charge < -0.3 is 19.9 Å². The van der Waals surface area contributed by atoms with Gasteiger partial charge >= 0.3 is 0 Å². The van der Waals surface area contributed by atoms with Gasteiger partial charge in [-0.05, 0) is 29.8 Å². The molecule has 0 radical (unpaired) electrons. The van der Waals surface area contributed by atoms with Gasteiger partial charge in [-0.15, -0.1) is 0 Å². The van der Waals surface area contributed by atoms with Crippen molar-refractivity contribution in [1.29, 1.82) is 0 Å². The normalized spacial score (nSPS) is 10.5. The highest BCUT2D eigenvalue weighted by molar-refractivity contribution is 5.96. The van der Waals surface area contributed by atoms with E-state index in [1.807, 2.05) is 54.6 Å². The molecule has 4 nitrogen and oxygen atoms in total. The van der Waals surface area contributed by atoms with E-state index >= 15 is 0 Å². The van der Waals surface area contributed by atoms with Gasteiger partial charge in [0.15, 0.2) is 11.5 Å². The van der Waals surface area contributed by atoms with E-state index in [4.69, 9.17) is 19.9 Å². The van der Waals surface area contributed by atoms with Crippen molar-refractivity contribution in [3.8, 4) is 17.2 Å². The number of rotatable bonds is 5. The van der Waals surface area contributed by atoms with E-state index in [9.17, 15) is 0 Å². The fraction of sp³-hybridized carbons (Fsp3) is 0.158. The first-order valence-electron chi connectivity index (χ1n) is 7.34. The minimum atomic E-state index is 0.439. The summed E-state index contributed by atoms with van der Waals surface area (Å²) in [6.07, 6.45) is 0. The number of nitrogens with two attached hydrogens (primary N) is 1. The Labute approximate surface area is 135 Å². The lowest BCUT2D eigenvalue weighted by atomic mass is 10.1. The zero-order chi connectivity index (χ0) is 16.2. The summed E-state index contributed by atoms with van der Waals surface area (Å²) in [5.41, 5.74) is 7.77. The second-order valence-corrected chi connectivity index (χ2v) is 5.18. The number of hydrogen-bond donors (Lipinski definition) is 1. The maximum Gasteiger partial charge on any atom is 0.161 e. The van der Waals surface area contributed by atoms with Crippen LogP contribution in [0.15, 0.2) is 54.6 Å². The number of nitrogen functional groups attached to an aromatic ring is 1. The molecular formula is C19H19NO3. The van der Waals surface area contributed by atoms with E-state index in [-0.39, 0.29) is 0 Å². The highest BCUT2D eigenvalue weighted by Gasteiger charge is 2.07. The second kappa shape index (κ2) is 6.48. The minimum absolute atomic E-state index is 0.439. The Kier molecular flexibility index (Phi) is 4.24. The highest BCUT2D eigenvalue weighted by Crippen LogP contribution is 2.31. The molecule has 0 atom stereocenters. The molecule has 0 unspecified atom stereocenters. The Morgan fingerprint density at radius 1 is 0.783 bits per heavy atom. The molecule has 0 aromatic heterocycles. The second-order valence-electron chi connectivity index (χ2n) is 5.18. The Balaban J connectivity index is 1.85. The summed E-state index contributed by atoms with van der Waals surface area (Å²) in [4.78, 5) is 0. The molecule has 3 rings (SSSR count). The molecule has 0 aliphatic rings. The molecule has 3 aromatic carbocycles. The molecule has 0 aliphatic carbocycles. The lowest BCUT2D eigenvalue weighted by Gasteiger charge is -2.13. The number of anilines is 1. The van der Waals surface area contributed by atoms with Crippen LogP contribution in [-0.4, -0.2) is 14.2 Å². The molecule has 2 N–H and O–H groups in total. The Bertz CT molecular complexity index is 830. The van der Waals surface area contributed by atoms with Crippen molar-refractivity contribution < 1.29 is 14.2 Å². The molecule has 118 valence electrons. The SMILES string of the molecule is COc1ccc(COc2ccc(N)c3ccccc23)cc1OC. The third kappa shape index (κ3) is 3.01. The number of methoxy groups -OCH3 is 2. The average Bonchev–Trinajstić information content (AvgIpc) is 2.61. The van der Waals surface area contributed by atoms with Gasteiger partial charge in [-0.3, -0.25) is 0 Å². The van der Waals surface area contributed by atoms with Gasteiger partial charge in [0.2, 0.25) is 0 Å². The van der Waals surface area contributed by atoms with E-state index in [1.165, 1.54) is 0 Å². The summed E-state index contributed by atoms with van der Waals surface area (Å²) in [5, 5.41) is 2.00. The van der Waals surface area contributed by atoms with E-state index < -0.39 is 0 Å². The summed E-state index contributed by atoms with van der Waals surface area (Å²) in [5.74, 6) is 2.20. The molecule has 0 saturated heterocycles. The molecule has 0 amide bonds. The van der Waals surface area contributed by atoms with Crippen LogP contribution in [0.1, 0.15) is 5.56 Å². The monoisotopic (exact) mass is 309 g/mol. The van der Waals surface area contributed by atoms with Gasteiger partial charge in [0, 0.05) is 16.5 Å². The van der Waals surface area contributed by atoms with Crippen molar-refractivity contribution in [3.05, 3.63) is 60.2 Å². The minimum Gasteiger partial charge on any atom is -0.493 e. The van der Waals surface area contributed by atoms with Crippen LogP contribution in [0.2, 0.25) is 0 Å². The zero-order valence-corrected chi connectivity index (χ0v) is 13.2. The first-order chi connectivity index (χ1) is 11.2. The molecule has 3 aromatic rings. The average molecular weight is 309 g/mol. The van der Waals surface area contributed by atoms with Crippen molar-refractivity contribution in [2.75, 3.05) is 20.0 Å². The van der Waals surface area contributed by atoms with Crippen LogP contribution in [0.25, 0.3) is 10.8 Å². The maximum atomic E-state index is 6.02. The van der Waals surface area contributed by atoms with Gasteiger partial charge in [0.1, 0.15) is 12.4 Å². The summed E-state index contributed by atoms with van der Waals surface area (Å²) < 4.78 is 16.5. The molecule has 0 heterocycles. The van der Waals surface area contributed by atoms with Crippen LogP contribution < -0.4 is 19.9 Å². The summed E-state index contributed by atoms with van der Waals surface area (Å²) in [6.45, 7) is 0.439. The standard InChI is InChI=1S/C19H19NO3/c1-21-18-9-7-13(11-19(18)22-2)12-23-17-10-8-16(20)14-5-3-4-6-15(14)17/h3-11H,12,20H2,1-2H3. The molecule has 0 spiro atoms. The maximum absolute atomic E-state index is 6.02. The van der Waals surface area contributed by atoms with Gasteiger partial charge in [0.25, 0.3) is 0 Å².